The first-order valence-electron chi connectivity index (χ1n) is 5.36. The van der Waals surface area contributed by atoms with E-state index < -0.39 is 5.97 Å². The molecular weight excluding hydrogens is 218 g/mol. The second-order valence-corrected chi connectivity index (χ2v) is 3.48. The molecule has 0 heterocycles. The van der Waals surface area contributed by atoms with Crippen molar-refractivity contribution in [2.45, 2.75) is 13.3 Å². The molecule has 0 aliphatic heterocycles. The van der Waals surface area contributed by atoms with Gasteiger partial charge in [-0.05, 0) is 18.6 Å². The first kappa shape index (κ1) is 13.1. The van der Waals surface area contributed by atoms with Crippen LogP contribution in [0.1, 0.15) is 29.3 Å². The number of hydrogen-bond acceptors (Lipinski definition) is 4. The number of esters is 1. The molecule has 1 aromatic carbocycles. The van der Waals surface area contributed by atoms with E-state index in [-0.39, 0.29) is 0 Å². The summed E-state index contributed by atoms with van der Waals surface area (Å²) in [5, 5.41) is 0. The molecule has 0 spiro atoms. The summed E-state index contributed by atoms with van der Waals surface area (Å²) < 4.78 is 9.81. The number of methoxy groups -OCH3 is 2. The Morgan fingerprint density at radius 1 is 1.41 bits per heavy atom. The van der Waals surface area contributed by atoms with Gasteiger partial charge in [-0.1, -0.05) is 19.1 Å². The summed E-state index contributed by atoms with van der Waals surface area (Å²) >= 11 is 0. The van der Waals surface area contributed by atoms with Crippen LogP contribution >= 0.6 is 0 Å². The van der Waals surface area contributed by atoms with Crippen LogP contribution in [-0.2, 0) is 4.74 Å². The molecule has 0 unspecified atom stereocenters. The van der Waals surface area contributed by atoms with Crippen molar-refractivity contribution in [1.82, 2.24) is 0 Å². The summed E-state index contributed by atoms with van der Waals surface area (Å²) in [7, 11) is 2.85. The van der Waals surface area contributed by atoms with Gasteiger partial charge in [0.15, 0.2) is 0 Å². The van der Waals surface area contributed by atoms with Crippen LogP contribution < -0.4 is 10.5 Å². The molecule has 0 bridgehead atoms. The number of hydrogen-bond donors (Lipinski definition) is 1. The van der Waals surface area contributed by atoms with Gasteiger partial charge in [0.25, 0.3) is 0 Å². The maximum atomic E-state index is 11.5. The summed E-state index contributed by atoms with van der Waals surface area (Å²) in [6, 6.07) is 3.26. The first-order valence-corrected chi connectivity index (χ1v) is 5.36. The lowest BCUT2D eigenvalue weighted by Gasteiger charge is -2.10. The highest BCUT2D eigenvalue weighted by Crippen LogP contribution is 2.28. The molecule has 1 aromatic rings. The minimum absolute atomic E-state index is 0.408. The fourth-order valence-electron chi connectivity index (χ4n) is 1.44. The van der Waals surface area contributed by atoms with E-state index >= 15 is 0 Å². The minimum atomic E-state index is -0.408. The smallest absolute Gasteiger partial charge is 0.338 e. The lowest BCUT2D eigenvalue weighted by molar-refractivity contribution is 0.0600. The van der Waals surface area contributed by atoms with Crippen LogP contribution in [0.2, 0.25) is 0 Å². The molecule has 2 N–H and O–H groups in total. The molecule has 17 heavy (non-hydrogen) atoms. The molecule has 0 atom stereocenters. The Morgan fingerprint density at radius 2 is 2.12 bits per heavy atom. The van der Waals surface area contributed by atoms with Gasteiger partial charge in [-0.2, -0.15) is 0 Å². The number of benzene rings is 1. The van der Waals surface area contributed by atoms with Gasteiger partial charge in [0.1, 0.15) is 5.75 Å². The molecule has 0 radical (unpaired) electrons. The largest absolute Gasteiger partial charge is 0.495 e. The van der Waals surface area contributed by atoms with E-state index in [1.807, 2.05) is 19.1 Å². The van der Waals surface area contributed by atoms with E-state index in [1.54, 1.807) is 12.1 Å². The molecule has 0 aliphatic rings. The molecular formula is C13H17NO3. The van der Waals surface area contributed by atoms with E-state index in [2.05, 4.69) is 4.74 Å². The topological polar surface area (TPSA) is 61.5 Å². The van der Waals surface area contributed by atoms with Crippen molar-refractivity contribution in [3.05, 3.63) is 29.3 Å². The van der Waals surface area contributed by atoms with Crippen molar-refractivity contribution in [3.63, 3.8) is 0 Å². The van der Waals surface area contributed by atoms with E-state index in [0.29, 0.717) is 17.0 Å². The predicted molar refractivity (Wildman–Crippen MR) is 68.1 cm³/mol. The van der Waals surface area contributed by atoms with E-state index in [0.717, 1.165) is 12.0 Å². The maximum absolute atomic E-state index is 11.5. The highest BCUT2D eigenvalue weighted by atomic mass is 16.5. The molecule has 4 nitrogen and oxygen atoms in total. The van der Waals surface area contributed by atoms with Crippen molar-refractivity contribution >= 4 is 17.7 Å². The highest BCUT2D eigenvalue weighted by Gasteiger charge is 2.12. The fourth-order valence-corrected chi connectivity index (χ4v) is 1.44. The van der Waals surface area contributed by atoms with Crippen molar-refractivity contribution in [2.75, 3.05) is 20.0 Å². The number of nitrogens with two attached hydrogens (primary N) is 1. The molecule has 0 aliphatic carbocycles. The van der Waals surface area contributed by atoms with Gasteiger partial charge in [0.2, 0.25) is 0 Å². The summed E-state index contributed by atoms with van der Waals surface area (Å²) in [6.07, 6.45) is 4.72. The van der Waals surface area contributed by atoms with Crippen molar-refractivity contribution in [2.24, 2.45) is 0 Å². The van der Waals surface area contributed by atoms with Gasteiger partial charge in [-0.25, -0.2) is 4.79 Å². The van der Waals surface area contributed by atoms with Crippen LogP contribution in [-0.4, -0.2) is 20.2 Å². The standard InChI is InChI=1S/C13H17NO3/c1-4-5-6-9-7-10(13(15)17-3)8-11(16-2)12(9)14/h5-8H,4,14H2,1-3H3. The number of ether oxygens (including phenoxy) is 2. The van der Waals surface area contributed by atoms with Gasteiger partial charge in [0.05, 0.1) is 25.5 Å². The van der Waals surface area contributed by atoms with Crippen LogP contribution in [0.4, 0.5) is 5.69 Å². The van der Waals surface area contributed by atoms with Crippen molar-refractivity contribution < 1.29 is 14.3 Å². The van der Waals surface area contributed by atoms with Gasteiger partial charge in [-0.15, -0.1) is 0 Å². The maximum Gasteiger partial charge on any atom is 0.338 e. The van der Waals surface area contributed by atoms with Crippen molar-refractivity contribution in [1.29, 1.82) is 0 Å². The Morgan fingerprint density at radius 3 is 2.65 bits per heavy atom. The third-order valence-electron chi connectivity index (χ3n) is 2.35. The van der Waals surface area contributed by atoms with Gasteiger partial charge >= 0.3 is 5.97 Å². The highest BCUT2D eigenvalue weighted by molar-refractivity contribution is 5.92. The molecule has 0 amide bonds. The average molecular weight is 235 g/mol. The van der Waals surface area contributed by atoms with Crippen LogP contribution in [0.15, 0.2) is 18.2 Å². The van der Waals surface area contributed by atoms with Crippen LogP contribution in [0, 0.1) is 0 Å². The number of nitrogen functional groups attached to an aromatic ring is 1. The number of anilines is 1. The Labute approximate surface area is 101 Å². The SMILES string of the molecule is CCC=Cc1cc(C(=O)OC)cc(OC)c1N. The number of allylic oxidation sites excluding steroid dienone is 1. The third kappa shape index (κ3) is 3.00. The zero-order valence-corrected chi connectivity index (χ0v) is 10.3. The fraction of sp³-hybridized carbons (Fsp3) is 0.308. The quantitative estimate of drug-likeness (QED) is 0.643. The lowest BCUT2D eigenvalue weighted by Crippen LogP contribution is -2.04. The average Bonchev–Trinajstić information content (AvgIpc) is 2.36. The molecule has 0 saturated heterocycles. The Bertz CT molecular complexity index is 439. The van der Waals surface area contributed by atoms with Crippen LogP contribution in [0.25, 0.3) is 6.08 Å². The zero-order chi connectivity index (χ0) is 12.8. The number of rotatable bonds is 4. The molecule has 92 valence electrons. The summed E-state index contributed by atoms with van der Waals surface area (Å²) in [5.41, 5.74) is 7.62. The van der Waals surface area contributed by atoms with Gasteiger partial charge in [0, 0.05) is 5.56 Å². The van der Waals surface area contributed by atoms with Crippen LogP contribution in [0.5, 0.6) is 5.75 Å². The molecule has 0 aromatic heterocycles. The summed E-state index contributed by atoms with van der Waals surface area (Å²) in [6.45, 7) is 2.02. The normalized spacial score (nSPS) is 10.5. The second kappa shape index (κ2) is 5.94. The van der Waals surface area contributed by atoms with Crippen LogP contribution in [0.3, 0.4) is 0 Å². The minimum Gasteiger partial charge on any atom is -0.495 e. The Hall–Kier alpha value is -1.97. The summed E-state index contributed by atoms with van der Waals surface area (Å²) in [4.78, 5) is 11.5. The molecule has 4 heteroatoms. The second-order valence-electron chi connectivity index (χ2n) is 3.48. The van der Waals surface area contributed by atoms with E-state index in [4.69, 9.17) is 10.5 Å². The Balaban J connectivity index is 3.28. The Kier molecular flexibility index (Phi) is 4.57. The zero-order valence-electron chi connectivity index (χ0n) is 10.3. The number of carbonyl (C=O) groups is 1. The summed E-state index contributed by atoms with van der Waals surface area (Å²) in [5.74, 6) is 0.0677. The van der Waals surface area contributed by atoms with Gasteiger partial charge in [-0.3, -0.25) is 0 Å². The molecule has 0 saturated carbocycles. The first-order chi connectivity index (χ1) is 8.13. The van der Waals surface area contributed by atoms with E-state index in [1.165, 1.54) is 14.2 Å². The van der Waals surface area contributed by atoms with E-state index in [9.17, 15) is 4.79 Å². The number of carbonyl (C=O) groups excluding carboxylic acids is 1. The third-order valence-corrected chi connectivity index (χ3v) is 2.35. The predicted octanol–water partition coefficient (Wildman–Crippen LogP) is 2.49. The van der Waals surface area contributed by atoms with Crippen molar-refractivity contribution in [3.8, 4) is 5.75 Å². The molecule has 0 fully saturated rings. The lowest BCUT2D eigenvalue weighted by atomic mass is 10.1. The monoisotopic (exact) mass is 235 g/mol. The molecule has 1 rings (SSSR count). The van der Waals surface area contributed by atoms with Gasteiger partial charge < -0.3 is 15.2 Å².